The first-order valence-electron chi connectivity index (χ1n) is 8.52. The summed E-state index contributed by atoms with van der Waals surface area (Å²) in [4.78, 5) is 37.5. The molecule has 0 fully saturated rings. The van der Waals surface area contributed by atoms with Gasteiger partial charge in [0.25, 0.3) is 17.7 Å². The molecule has 2 heterocycles. The van der Waals surface area contributed by atoms with Crippen molar-refractivity contribution in [2.24, 2.45) is 0 Å². The molecule has 3 aromatic rings. The molecule has 1 aromatic heterocycles. The van der Waals surface area contributed by atoms with Gasteiger partial charge in [-0.2, -0.15) is 0 Å². The van der Waals surface area contributed by atoms with Crippen LogP contribution in [0.5, 0.6) is 0 Å². The number of hydrogen-bond acceptors (Lipinski definition) is 7. The first-order chi connectivity index (χ1) is 13.5. The Morgan fingerprint density at radius 3 is 2.50 bits per heavy atom. The highest BCUT2D eigenvalue weighted by Crippen LogP contribution is 2.25. The molecular formula is C20H15N3O5. The zero-order valence-electron chi connectivity index (χ0n) is 15.1. The Balaban J connectivity index is 1.51. The Labute approximate surface area is 159 Å². The van der Waals surface area contributed by atoms with E-state index in [-0.39, 0.29) is 22.6 Å². The number of carbonyl (C=O) groups excluding carboxylic acids is 3. The number of aromatic nitrogens is 2. The third kappa shape index (κ3) is 2.94. The van der Waals surface area contributed by atoms with Crippen LogP contribution in [-0.4, -0.2) is 39.9 Å². The van der Waals surface area contributed by atoms with E-state index in [1.807, 2.05) is 30.3 Å². The van der Waals surface area contributed by atoms with Crippen molar-refractivity contribution in [2.75, 3.05) is 7.05 Å². The molecule has 0 radical (unpaired) electrons. The van der Waals surface area contributed by atoms with Gasteiger partial charge in [-0.05, 0) is 37.3 Å². The van der Waals surface area contributed by atoms with E-state index >= 15 is 0 Å². The van der Waals surface area contributed by atoms with Gasteiger partial charge in [-0.15, -0.1) is 10.2 Å². The van der Waals surface area contributed by atoms with E-state index in [9.17, 15) is 14.4 Å². The molecule has 1 aliphatic rings. The summed E-state index contributed by atoms with van der Waals surface area (Å²) in [6.07, 6.45) is -0.786. The van der Waals surface area contributed by atoms with E-state index in [0.717, 1.165) is 10.5 Å². The molecular weight excluding hydrogens is 362 g/mol. The van der Waals surface area contributed by atoms with Gasteiger partial charge in [-0.3, -0.25) is 14.5 Å². The minimum atomic E-state index is -0.786. The van der Waals surface area contributed by atoms with Crippen LogP contribution in [-0.2, 0) is 4.74 Å². The van der Waals surface area contributed by atoms with Gasteiger partial charge in [-0.1, -0.05) is 18.2 Å². The fraction of sp³-hybridized carbons (Fsp3) is 0.150. The summed E-state index contributed by atoms with van der Waals surface area (Å²) in [5.41, 5.74) is 1.36. The van der Waals surface area contributed by atoms with Gasteiger partial charge in [0.15, 0.2) is 6.10 Å². The number of nitrogens with zero attached hydrogens (tertiary/aromatic N) is 3. The summed E-state index contributed by atoms with van der Waals surface area (Å²) in [6.45, 7) is 1.61. The second-order valence-electron chi connectivity index (χ2n) is 6.29. The molecule has 0 bridgehead atoms. The quantitative estimate of drug-likeness (QED) is 0.509. The van der Waals surface area contributed by atoms with E-state index < -0.39 is 23.9 Å². The number of hydrogen-bond donors (Lipinski definition) is 0. The molecule has 1 unspecified atom stereocenters. The first kappa shape index (κ1) is 17.6. The number of benzene rings is 2. The van der Waals surface area contributed by atoms with Crippen molar-refractivity contribution in [3.8, 4) is 11.5 Å². The lowest BCUT2D eigenvalue weighted by molar-refractivity contribution is 0.0279. The fourth-order valence-electron chi connectivity index (χ4n) is 2.86. The predicted molar refractivity (Wildman–Crippen MR) is 96.4 cm³/mol. The normalized spacial score (nSPS) is 14.1. The zero-order chi connectivity index (χ0) is 19.8. The van der Waals surface area contributed by atoms with Crippen LogP contribution in [0, 0.1) is 0 Å². The minimum absolute atomic E-state index is 0.152. The molecule has 0 saturated heterocycles. The lowest BCUT2D eigenvalue weighted by atomic mass is 10.1. The van der Waals surface area contributed by atoms with Crippen LogP contribution in [0.25, 0.3) is 11.5 Å². The van der Waals surface area contributed by atoms with Crippen LogP contribution in [0.15, 0.2) is 52.9 Å². The van der Waals surface area contributed by atoms with E-state index in [4.69, 9.17) is 9.15 Å². The maximum Gasteiger partial charge on any atom is 0.338 e. The lowest BCUT2D eigenvalue weighted by Gasteiger charge is -2.09. The lowest BCUT2D eigenvalue weighted by Crippen LogP contribution is -2.24. The van der Waals surface area contributed by atoms with Crippen molar-refractivity contribution in [3.63, 3.8) is 0 Å². The third-order valence-electron chi connectivity index (χ3n) is 4.42. The van der Waals surface area contributed by atoms with Crippen LogP contribution in [0.4, 0.5) is 0 Å². The van der Waals surface area contributed by atoms with Gasteiger partial charge in [0, 0.05) is 12.6 Å². The molecule has 0 saturated carbocycles. The molecule has 8 nitrogen and oxygen atoms in total. The summed E-state index contributed by atoms with van der Waals surface area (Å²) in [6, 6.07) is 13.5. The molecule has 4 rings (SSSR count). The van der Waals surface area contributed by atoms with Crippen molar-refractivity contribution in [1.29, 1.82) is 0 Å². The van der Waals surface area contributed by atoms with Gasteiger partial charge < -0.3 is 9.15 Å². The van der Waals surface area contributed by atoms with E-state index in [0.29, 0.717) is 5.89 Å². The zero-order valence-corrected chi connectivity index (χ0v) is 15.1. The summed E-state index contributed by atoms with van der Waals surface area (Å²) in [7, 11) is 1.39. The Kier molecular flexibility index (Phi) is 4.23. The maximum atomic E-state index is 12.5. The average molecular weight is 377 g/mol. The Morgan fingerprint density at radius 1 is 1.04 bits per heavy atom. The van der Waals surface area contributed by atoms with Crippen LogP contribution in [0.1, 0.15) is 50.0 Å². The molecule has 1 atom stereocenters. The highest BCUT2D eigenvalue weighted by Gasteiger charge is 2.33. The van der Waals surface area contributed by atoms with Gasteiger partial charge in [-0.25, -0.2) is 4.79 Å². The summed E-state index contributed by atoms with van der Waals surface area (Å²) in [5.74, 6) is -1.04. The molecule has 2 aromatic carbocycles. The second kappa shape index (κ2) is 6.73. The second-order valence-corrected chi connectivity index (χ2v) is 6.29. The van der Waals surface area contributed by atoms with Crippen molar-refractivity contribution in [2.45, 2.75) is 13.0 Å². The van der Waals surface area contributed by atoms with Crippen molar-refractivity contribution < 1.29 is 23.5 Å². The summed E-state index contributed by atoms with van der Waals surface area (Å²) in [5, 5.41) is 7.90. The van der Waals surface area contributed by atoms with E-state index in [2.05, 4.69) is 10.2 Å². The minimum Gasteiger partial charge on any atom is -0.449 e. The largest absolute Gasteiger partial charge is 0.449 e. The van der Waals surface area contributed by atoms with Crippen LogP contribution >= 0.6 is 0 Å². The van der Waals surface area contributed by atoms with Crippen molar-refractivity contribution in [3.05, 3.63) is 71.1 Å². The number of imide groups is 1. The number of rotatable bonds is 4. The SMILES string of the molecule is CC(OC(=O)c1ccc2c(c1)C(=O)N(C)C2=O)c1nnc(-c2ccccc2)o1. The van der Waals surface area contributed by atoms with E-state index in [1.165, 1.54) is 25.2 Å². The van der Waals surface area contributed by atoms with Crippen LogP contribution < -0.4 is 0 Å². The number of fused-ring (bicyclic) bond motifs is 1. The Bertz CT molecular complexity index is 1090. The van der Waals surface area contributed by atoms with Gasteiger partial charge in [0.1, 0.15) is 0 Å². The van der Waals surface area contributed by atoms with Crippen LogP contribution in [0.2, 0.25) is 0 Å². The highest BCUT2D eigenvalue weighted by atomic mass is 16.6. The third-order valence-corrected chi connectivity index (χ3v) is 4.42. The van der Waals surface area contributed by atoms with Gasteiger partial charge >= 0.3 is 5.97 Å². The number of carbonyl (C=O) groups is 3. The Hall–Kier alpha value is -3.81. The number of ether oxygens (including phenoxy) is 1. The molecule has 0 spiro atoms. The summed E-state index contributed by atoms with van der Waals surface area (Å²) < 4.78 is 11.0. The molecule has 0 aliphatic carbocycles. The fourth-order valence-corrected chi connectivity index (χ4v) is 2.86. The maximum absolute atomic E-state index is 12.5. The Morgan fingerprint density at radius 2 is 1.75 bits per heavy atom. The molecule has 2 amide bonds. The van der Waals surface area contributed by atoms with Crippen molar-refractivity contribution >= 4 is 17.8 Å². The monoisotopic (exact) mass is 377 g/mol. The average Bonchev–Trinajstić information content (AvgIpc) is 3.29. The van der Waals surface area contributed by atoms with E-state index in [1.54, 1.807) is 6.92 Å². The molecule has 0 N–H and O–H groups in total. The van der Waals surface area contributed by atoms with Crippen LogP contribution in [0.3, 0.4) is 0 Å². The summed E-state index contributed by atoms with van der Waals surface area (Å²) >= 11 is 0. The number of amides is 2. The molecule has 28 heavy (non-hydrogen) atoms. The van der Waals surface area contributed by atoms with Gasteiger partial charge in [0.2, 0.25) is 5.89 Å². The van der Waals surface area contributed by atoms with Gasteiger partial charge in [0.05, 0.1) is 16.7 Å². The highest BCUT2D eigenvalue weighted by molar-refractivity contribution is 6.21. The number of esters is 1. The molecule has 140 valence electrons. The molecule has 8 heteroatoms. The predicted octanol–water partition coefficient (Wildman–Crippen LogP) is 2.88. The first-order valence-corrected chi connectivity index (χ1v) is 8.52. The standard InChI is InChI=1S/C20H15N3O5/c1-11(16-21-22-17(28-16)12-6-4-3-5-7-12)27-20(26)13-8-9-14-15(10-13)19(25)23(2)18(14)24/h3-11H,1-2H3. The smallest absolute Gasteiger partial charge is 0.338 e. The topological polar surface area (TPSA) is 103 Å². The van der Waals surface area contributed by atoms with Crippen molar-refractivity contribution in [1.82, 2.24) is 15.1 Å². The molecule has 1 aliphatic heterocycles.